The number of aliphatic hydroxyl groups excluding tert-OH is 1. The SMILES string of the molecule is C=CC[C@@H](O[Si](c1ccccc1)(c1ccccc1)C(C)(C)C)[C@H](O)CC. The Kier molecular flexibility index (Phi) is 6.99. The molecule has 2 aromatic rings. The molecule has 2 rings (SSSR count). The molecule has 0 unspecified atom stereocenters. The highest BCUT2D eigenvalue weighted by Gasteiger charge is 2.51. The molecule has 3 heteroatoms. The van der Waals surface area contributed by atoms with Gasteiger partial charge in [-0.25, -0.2) is 0 Å². The zero-order valence-corrected chi connectivity index (χ0v) is 17.5. The second-order valence-electron chi connectivity index (χ2n) is 7.82. The fraction of sp³-hybridized carbons (Fsp3) is 0.391. The van der Waals surface area contributed by atoms with E-state index < -0.39 is 14.4 Å². The van der Waals surface area contributed by atoms with Crippen molar-refractivity contribution in [2.75, 3.05) is 0 Å². The third-order valence-corrected chi connectivity index (χ3v) is 10.1. The summed E-state index contributed by atoms with van der Waals surface area (Å²) in [5.41, 5.74) is 0. The minimum Gasteiger partial charge on any atom is -0.402 e. The Bertz CT molecular complexity index is 637. The van der Waals surface area contributed by atoms with Gasteiger partial charge in [0.25, 0.3) is 8.32 Å². The molecule has 0 bridgehead atoms. The Morgan fingerprint density at radius 1 is 1.00 bits per heavy atom. The quantitative estimate of drug-likeness (QED) is 0.557. The van der Waals surface area contributed by atoms with Crippen LogP contribution < -0.4 is 10.4 Å². The summed E-state index contributed by atoms with van der Waals surface area (Å²) < 4.78 is 6.99. The van der Waals surface area contributed by atoms with Gasteiger partial charge in [-0.1, -0.05) is 94.4 Å². The van der Waals surface area contributed by atoms with Crippen LogP contribution in [-0.2, 0) is 4.43 Å². The van der Waals surface area contributed by atoms with Crippen LogP contribution in [0.2, 0.25) is 5.04 Å². The third-order valence-electron chi connectivity index (χ3n) is 4.99. The van der Waals surface area contributed by atoms with E-state index in [4.69, 9.17) is 4.43 Å². The Morgan fingerprint density at radius 3 is 1.81 bits per heavy atom. The van der Waals surface area contributed by atoms with E-state index in [1.54, 1.807) is 0 Å². The molecule has 0 saturated heterocycles. The van der Waals surface area contributed by atoms with E-state index >= 15 is 0 Å². The molecule has 0 fully saturated rings. The number of benzene rings is 2. The summed E-state index contributed by atoms with van der Waals surface area (Å²) in [5, 5.41) is 13.0. The molecule has 2 nitrogen and oxygen atoms in total. The number of hydrogen-bond acceptors (Lipinski definition) is 2. The molecular formula is C23H32O2Si. The summed E-state index contributed by atoms with van der Waals surface area (Å²) in [6, 6.07) is 21.1. The Morgan fingerprint density at radius 2 is 1.46 bits per heavy atom. The van der Waals surface area contributed by atoms with Gasteiger partial charge in [0.2, 0.25) is 0 Å². The van der Waals surface area contributed by atoms with Crippen molar-refractivity contribution in [3.05, 3.63) is 73.3 Å². The molecule has 0 saturated carbocycles. The summed E-state index contributed by atoms with van der Waals surface area (Å²) in [7, 11) is -2.64. The second kappa shape index (κ2) is 8.80. The van der Waals surface area contributed by atoms with Crippen molar-refractivity contribution in [3.63, 3.8) is 0 Å². The van der Waals surface area contributed by atoms with Crippen LogP contribution in [0.3, 0.4) is 0 Å². The summed E-state index contributed by atoms with van der Waals surface area (Å²) in [6.07, 6.45) is 2.39. The van der Waals surface area contributed by atoms with E-state index in [0.717, 1.165) is 0 Å². The van der Waals surface area contributed by atoms with Crippen LogP contribution in [0.4, 0.5) is 0 Å². The molecule has 140 valence electrons. The molecule has 0 aromatic heterocycles. The first kappa shape index (κ1) is 20.6. The second-order valence-corrected chi connectivity index (χ2v) is 12.1. The molecule has 0 radical (unpaired) electrons. The smallest absolute Gasteiger partial charge is 0.261 e. The van der Waals surface area contributed by atoms with Crippen molar-refractivity contribution in [3.8, 4) is 0 Å². The van der Waals surface area contributed by atoms with E-state index in [9.17, 15) is 5.11 Å². The van der Waals surface area contributed by atoms with Crippen LogP contribution in [-0.4, -0.2) is 25.6 Å². The van der Waals surface area contributed by atoms with Crippen molar-refractivity contribution in [1.29, 1.82) is 0 Å². The van der Waals surface area contributed by atoms with Gasteiger partial charge in [-0.2, -0.15) is 0 Å². The molecule has 0 aliphatic carbocycles. The average Bonchev–Trinajstić information content (AvgIpc) is 2.65. The van der Waals surface area contributed by atoms with E-state index in [2.05, 4.69) is 75.9 Å². The summed E-state index contributed by atoms with van der Waals surface area (Å²) in [4.78, 5) is 0. The van der Waals surface area contributed by atoms with Gasteiger partial charge < -0.3 is 9.53 Å². The van der Waals surface area contributed by atoms with Crippen LogP contribution in [0.25, 0.3) is 0 Å². The standard InChI is InChI=1S/C23H32O2Si/c1-6-14-22(21(24)7-2)25-26(23(3,4)5,19-15-10-8-11-16-19)20-17-12-9-13-18-20/h6,8-13,15-18,21-22,24H,1,7,14H2,2-5H3/t21-,22-/m1/s1. The van der Waals surface area contributed by atoms with Crippen LogP contribution in [0.1, 0.15) is 40.5 Å². The third kappa shape index (κ3) is 4.17. The van der Waals surface area contributed by atoms with Crippen molar-refractivity contribution in [2.45, 2.75) is 57.8 Å². The molecule has 2 atom stereocenters. The van der Waals surface area contributed by atoms with Crippen molar-refractivity contribution in [1.82, 2.24) is 0 Å². The molecule has 0 aliphatic heterocycles. The lowest BCUT2D eigenvalue weighted by molar-refractivity contribution is 0.0298. The fourth-order valence-electron chi connectivity index (χ4n) is 3.63. The minimum absolute atomic E-state index is 0.0947. The minimum atomic E-state index is -2.64. The van der Waals surface area contributed by atoms with Crippen LogP contribution in [0, 0.1) is 0 Å². The highest BCUT2D eigenvalue weighted by atomic mass is 28.4. The maximum absolute atomic E-state index is 10.6. The first-order chi connectivity index (χ1) is 12.4. The van der Waals surface area contributed by atoms with Crippen LogP contribution >= 0.6 is 0 Å². The predicted octanol–water partition coefficient (Wildman–Crippen LogP) is 4.28. The highest BCUT2D eigenvalue weighted by Crippen LogP contribution is 2.38. The zero-order chi connectivity index (χ0) is 19.2. The molecule has 0 amide bonds. The largest absolute Gasteiger partial charge is 0.402 e. The molecule has 0 heterocycles. The van der Waals surface area contributed by atoms with Gasteiger partial charge in [0, 0.05) is 0 Å². The van der Waals surface area contributed by atoms with E-state index in [-0.39, 0.29) is 11.1 Å². The lowest BCUT2D eigenvalue weighted by atomic mass is 10.1. The number of aliphatic hydroxyl groups is 1. The predicted molar refractivity (Wildman–Crippen MR) is 114 cm³/mol. The molecule has 0 spiro atoms. The van der Waals surface area contributed by atoms with Gasteiger partial charge in [0.15, 0.2) is 0 Å². The van der Waals surface area contributed by atoms with Crippen LogP contribution in [0.15, 0.2) is 73.3 Å². The molecular weight excluding hydrogens is 336 g/mol. The molecule has 26 heavy (non-hydrogen) atoms. The number of rotatable bonds is 8. The fourth-order valence-corrected chi connectivity index (χ4v) is 8.35. The first-order valence-corrected chi connectivity index (χ1v) is 11.4. The molecule has 0 aliphatic rings. The van der Waals surface area contributed by atoms with E-state index in [1.807, 2.05) is 25.1 Å². The van der Waals surface area contributed by atoms with Crippen molar-refractivity contribution >= 4 is 18.7 Å². The van der Waals surface area contributed by atoms with E-state index in [1.165, 1.54) is 10.4 Å². The van der Waals surface area contributed by atoms with E-state index in [0.29, 0.717) is 12.8 Å². The average molecular weight is 369 g/mol. The summed E-state index contributed by atoms with van der Waals surface area (Å²) in [5.74, 6) is 0. The number of hydrogen-bond donors (Lipinski definition) is 1. The van der Waals surface area contributed by atoms with Crippen molar-refractivity contribution in [2.24, 2.45) is 0 Å². The Hall–Kier alpha value is -1.68. The van der Waals surface area contributed by atoms with Gasteiger partial charge in [-0.3, -0.25) is 0 Å². The first-order valence-electron chi connectivity index (χ1n) is 9.44. The summed E-state index contributed by atoms with van der Waals surface area (Å²) >= 11 is 0. The topological polar surface area (TPSA) is 29.5 Å². The van der Waals surface area contributed by atoms with Crippen LogP contribution in [0.5, 0.6) is 0 Å². The van der Waals surface area contributed by atoms with Gasteiger partial charge in [0.05, 0.1) is 12.2 Å². The lowest BCUT2D eigenvalue weighted by Crippen LogP contribution is -2.68. The monoisotopic (exact) mass is 368 g/mol. The Balaban J connectivity index is 2.69. The summed E-state index contributed by atoms with van der Waals surface area (Å²) in [6.45, 7) is 12.6. The zero-order valence-electron chi connectivity index (χ0n) is 16.5. The van der Waals surface area contributed by atoms with Gasteiger partial charge in [0.1, 0.15) is 0 Å². The van der Waals surface area contributed by atoms with Crippen molar-refractivity contribution < 1.29 is 9.53 Å². The lowest BCUT2D eigenvalue weighted by Gasteiger charge is -2.45. The molecule has 1 N–H and O–H groups in total. The maximum Gasteiger partial charge on any atom is 0.261 e. The normalized spacial score (nSPS) is 14.7. The maximum atomic E-state index is 10.6. The van der Waals surface area contributed by atoms with Gasteiger partial charge >= 0.3 is 0 Å². The van der Waals surface area contributed by atoms with Gasteiger partial charge in [-0.15, -0.1) is 6.58 Å². The Labute approximate surface area is 159 Å². The molecule has 2 aromatic carbocycles. The highest BCUT2D eigenvalue weighted by molar-refractivity contribution is 6.99. The van der Waals surface area contributed by atoms with Gasteiger partial charge in [-0.05, 0) is 28.3 Å².